The predicted octanol–water partition coefficient (Wildman–Crippen LogP) is 1.80. The lowest BCUT2D eigenvalue weighted by molar-refractivity contribution is -0.118. The van der Waals surface area contributed by atoms with E-state index < -0.39 is 0 Å². The molecule has 0 saturated carbocycles. The van der Waals surface area contributed by atoms with E-state index in [0.29, 0.717) is 0 Å². The fourth-order valence-electron chi connectivity index (χ4n) is 1.16. The Bertz CT molecular complexity index is 177. The molecule has 0 saturated heterocycles. The van der Waals surface area contributed by atoms with Gasteiger partial charge in [0.15, 0.2) is 0 Å². The third kappa shape index (κ3) is 2.93. The van der Waals surface area contributed by atoms with Crippen molar-refractivity contribution in [3.63, 3.8) is 0 Å². The van der Waals surface area contributed by atoms with Crippen LogP contribution >= 0.6 is 11.6 Å². The lowest BCUT2D eigenvalue weighted by Crippen LogP contribution is -2.24. The highest BCUT2D eigenvalue weighted by Gasteiger charge is 2.05. The van der Waals surface area contributed by atoms with Crippen molar-refractivity contribution >= 4 is 17.5 Å². The molecule has 1 amide bonds. The highest BCUT2D eigenvalue weighted by atomic mass is 35.5. The van der Waals surface area contributed by atoms with Crippen LogP contribution < -0.4 is 5.32 Å². The van der Waals surface area contributed by atoms with Crippen LogP contribution in [0.5, 0.6) is 0 Å². The number of allylic oxidation sites excluding steroid dienone is 2. The van der Waals surface area contributed by atoms with Crippen molar-refractivity contribution in [2.24, 2.45) is 0 Å². The van der Waals surface area contributed by atoms with Gasteiger partial charge in [0.05, 0.1) is 0 Å². The minimum atomic E-state index is -0.0974. The van der Waals surface area contributed by atoms with Gasteiger partial charge >= 0.3 is 0 Å². The van der Waals surface area contributed by atoms with Gasteiger partial charge in [-0.05, 0) is 25.7 Å². The van der Waals surface area contributed by atoms with Crippen molar-refractivity contribution < 1.29 is 4.79 Å². The summed E-state index contributed by atoms with van der Waals surface area (Å²) in [6.07, 6.45) is 6.56. The Morgan fingerprint density at radius 2 is 2.45 bits per heavy atom. The zero-order valence-corrected chi connectivity index (χ0v) is 7.16. The van der Waals surface area contributed by atoms with Crippen LogP contribution in [0.3, 0.4) is 0 Å². The smallest absolute Gasteiger partial charge is 0.239 e. The van der Waals surface area contributed by atoms with Gasteiger partial charge in [-0.3, -0.25) is 4.79 Å². The van der Waals surface area contributed by atoms with Crippen molar-refractivity contribution in [1.29, 1.82) is 0 Å². The van der Waals surface area contributed by atoms with Gasteiger partial charge in [0.25, 0.3) is 0 Å². The van der Waals surface area contributed by atoms with E-state index in [0.717, 1.165) is 18.5 Å². The van der Waals surface area contributed by atoms with E-state index in [1.807, 2.05) is 0 Å². The van der Waals surface area contributed by atoms with E-state index in [1.54, 1.807) is 0 Å². The minimum absolute atomic E-state index is 0.0529. The second-order valence-electron chi connectivity index (χ2n) is 2.66. The number of halogens is 1. The number of carbonyl (C=O) groups excluding carboxylic acids is 1. The summed E-state index contributed by atoms with van der Waals surface area (Å²) in [6.45, 7) is 0. The molecule has 0 aromatic rings. The molecule has 0 spiro atoms. The molecule has 0 fully saturated rings. The van der Waals surface area contributed by atoms with E-state index >= 15 is 0 Å². The van der Waals surface area contributed by atoms with E-state index in [4.69, 9.17) is 11.6 Å². The van der Waals surface area contributed by atoms with Crippen LogP contribution in [-0.2, 0) is 4.79 Å². The Labute approximate surface area is 71.6 Å². The highest BCUT2D eigenvalue weighted by Crippen LogP contribution is 2.14. The van der Waals surface area contributed by atoms with Crippen LogP contribution in [0.25, 0.3) is 0 Å². The molecule has 1 rings (SSSR count). The molecule has 3 heteroatoms. The highest BCUT2D eigenvalue weighted by molar-refractivity contribution is 6.27. The molecule has 62 valence electrons. The lowest BCUT2D eigenvalue weighted by Gasteiger charge is -2.12. The summed E-state index contributed by atoms with van der Waals surface area (Å²) in [5, 5.41) is 2.76. The SMILES string of the molecule is O=C(CCl)NC1=CCCCC1. The number of hydrogen-bond acceptors (Lipinski definition) is 1. The normalized spacial score (nSPS) is 17.4. The monoisotopic (exact) mass is 173 g/mol. The maximum atomic E-state index is 10.8. The maximum absolute atomic E-state index is 10.8. The molecule has 2 nitrogen and oxygen atoms in total. The summed E-state index contributed by atoms with van der Waals surface area (Å²) in [4.78, 5) is 10.8. The van der Waals surface area contributed by atoms with Crippen LogP contribution in [0.15, 0.2) is 11.8 Å². The molecule has 0 aromatic carbocycles. The van der Waals surface area contributed by atoms with Gasteiger partial charge in [-0.1, -0.05) is 6.08 Å². The minimum Gasteiger partial charge on any atom is -0.329 e. The summed E-state index contributed by atoms with van der Waals surface area (Å²) in [5.41, 5.74) is 1.04. The Morgan fingerprint density at radius 1 is 1.64 bits per heavy atom. The molecule has 1 aliphatic carbocycles. The zero-order valence-electron chi connectivity index (χ0n) is 6.40. The number of rotatable bonds is 2. The fraction of sp³-hybridized carbons (Fsp3) is 0.625. The van der Waals surface area contributed by atoms with E-state index in [-0.39, 0.29) is 11.8 Å². The molecule has 0 aromatic heterocycles. The number of amides is 1. The molecular formula is C8H12ClNO. The number of nitrogens with one attached hydrogen (secondary N) is 1. The van der Waals surface area contributed by atoms with Gasteiger partial charge in [-0.2, -0.15) is 0 Å². The summed E-state index contributed by atoms with van der Waals surface area (Å²) in [7, 11) is 0. The summed E-state index contributed by atoms with van der Waals surface area (Å²) in [6, 6.07) is 0. The average Bonchev–Trinajstić information content (AvgIpc) is 2.06. The molecule has 0 atom stereocenters. The van der Waals surface area contributed by atoms with Gasteiger partial charge in [-0.15, -0.1) is 11.6 Å². The van der Waals surface area contributed by atoms with Crippen LogP contribution in [0.2, 0.25) is 0 Å². The van der Waals surface area contributed by atoms with Crippen LogP contribution in [0.1, 0.15) is 25.7 Å². The topological polar surface area (TPSA) is 29.1 Å². The van der Waals surface area contributed by atoms with Crippen molar-refractivity contribution in [2.75, 3.05) is 5.88 Å². The number of hydrogen-bond donors (Lipinski definition) is 1. The first-order chi connectivity index (χ1) is 5.33. The third-order valence-corrected chi connectivity index (χ3v) is 1.96. The second kappa shape index (κ2) is 4.39. The summed E-state index contributed by atoms with van der Waals surface area (Å²) in [5.74, 6) is -0.0445. The van der Waals surface area contributed by atoms with Gasteiger partial charge in [0.2, 0.25) is 5.91 Å². The molecule has 1 N–H and O–H groups in total. The van der Waals surface area contributed by atoms with E-state index in [9.17, 15) is 4.79 Å². The average molecular weight is 174 g/mol. The molecule has 0 bridgehead atoms. The Kier molecular flexibility index (Phi) is 3.43. The van der Waals surface area contributed by atoms with Gasteiger partial charge < -0.3 is 5.32 Å². The summed E-state index contributed by atoms with van der Waals surface area (Å²) >= 11 is 5.33. The quantitative estimate of drug-likeness (QED) is 0.634. The molecular weight excluding hydrogens is 162 g/mol. The number of carbonyl (C=O) groups is 1. The molecule has 0 unspecified atom stereocenters. The van der Waals surface area contributed by atoms with Crippen molar-refractivity contribution in [2.45, 2.75) is 25.7 Å². The van der Waals surface area contributed by atoms with Crippen LogP contribution in [0, 0.1) is 0 Å². The van der Waals surface area contributed by atoms with Crippen molar-refractivity contribution in [1.82, 2.24) is 5.32 Å². The Balaban J connectivity index is 2.35. The van der Waals surface area contributed by atoms with Gasteiger partial charge in [0, 0.05) is 5.70 Å². The van der Waals surface area contributed by atoms with Crippen LogP contribution in [-0.4, -0.2) is 11.8 Å². The molecule has 0 heterocycles. The lowest BCUT2D eigenvalue weighted by atomic mass is 10.1. The Hall–Kier alpha value is -0.500. The summed E-state index contributed by atoms with van der Waals surface area (Å²) < 4.78 is 0. The first kappa shape index (κ1) is 8.60. The van der Waals surface area contributed by atoms with Gasteiger partial charge in [-0.25, -0.2) is 0 Å². The van der Waals surface area contributed by atoms with E-state index in [1.165, 1.54) is 12.8 Å². The van der Waals surface area contributed by atoms with Crippen molar-refractivity contribution in [3.05, 3.63) is 11.8 Å². The zero-order chi connectivity index (χ0) is 8.10. The largest absolute Gasteiger partial charge is 0.329 e. The third-order valence-electron chi connectivity index (χ3n) is 1.71. The maximum Gasteiger partial charge on any atom is 0.239 e. The number of alkyl halides is 1. The fourth-order valence-corrected chi connectivity index (χ4v) is 1.23. The van der Waals surface area contributed by atoms with Crippen molar-refractivity contribution in [3.8, 4) is 0 Å². The molecule has 1 aliphatic rings. The standard InChI is InChI=1S/C8H12ClNO/c9-6-8(11)10-7-4-2-1-3-5-7/h4H,1-3,5-6H2,(H,10,11). The second-order valence-corrected chi connectivity index (χ2v) is 2.92. The predicted molar refractivity (Wildman–Crippen MR) is 45.4 cm³/mol. The van der Waals surface area contributed by atoms with Crippen LogP contribution in [0.4, 0.5) is 0 Å². The first-order valence-corrected chi connectivity index (χ1v) is 4.41. The molecule has 0 radical (unpaired) electrons. The van der Waals surface area contributed by atoms with Gasteiger partial charge in [0.1, 0.15) is 5.88 Å². The molecule has 11 heavy (non-hydrogen) atoms. The Morgan fingerprint density at radius 3 is 3.00 bits per heavy atom. The molecule has 0 aliphatic heterocycles. The first-order valence-electron chi connectivity index (χ1n) is 3.88. The van der Waals surface area contributed by atoms with E-state index in [2.05, 4.69) is 11.4 Å².